The van der Waals surface area contributed by atoms with Gasteiger partial charge in [-0.25, -0.2) is 0 Å². The summed E-state index contributed by atoms with van der Waals surface area (Å²) in [5.41, 5.74) is 2.50. The van der Waals surface area contributed by atoms with Crippen LogP contribution in [0, 0.1) is 0 Å². The van der Waals surface area contributed by atoms with E-state index in [4.69, 9.17) is 9.47 Å². The van der Waals surface area contributed by atoms with Gasteiger partial charge < -0.3 is 19.7 Å². The molecule has 1 saturated heterocycles. The minimum Gasteiger partial charge on any atom is -0.381 e. The van der Waals surface area contributed by atoms with Crippen molar-refractivity contribution in [3.63, 3.8) is 0 Å². The molecule has 2 aliphatic rings. The quantitative estimate of drug-likeness (QED) is 0.683. The summed E-state index contributed by atoms with van der Waals surface area (Å²) in [6, 6.07) is 8.54. The zero-order chi connectivity index (χ0) is 15.4. The molecular formula is C17H25N3O2. The van der Waals surface area contributed by atoms with Crippen molar-refractivity contribution in [2.75, 3.05) is 45.4 Å². The molecule has 0 aromatic heterocycles. The van der Waals surface area contributed by atoms with Crippen LogP contribution in [-0.4, -0.2) is 52.0 Å². The molecule has 22 heavy (non-hydrogen) atoms. The van der Waals surface area contributed by atoms with Gasteiger partial charge in [0.2, 0.25) is 0 Å². The lowest BCUT2D eigenvalue weighted by atomic mass is 9.94. The van der Waals surface area contributed by atoms with E-state index in [2.05, 4.69) is 39.5 Å². The van der Waals surface area contributed by atoms with Crippen LogP contribution in [0.2, 0.25) is 0 Å². The molecule has 1 aromatic rings. The fraction of sp³-hybridized carbons (Fsp3) is 0.588. The van der Waals surface area contributed by atoms with Gasteiger partial charge in [-0.15, -0.1) is 0 Å². The minimum absolute atomic E-state index is 0.145. The molecular weight excluding hydrogens is 278 g/mol. The molecule has 1 fully saturated rings. The lowest BCUT2D eigenvalue weighted by molar-refractivity contribution is -0.0855. The molecule has 120 valence electrons. The topological polar surface area (TPSA) is 46.1 Å². The number of guanidine groups is 1. The first kappa shape index (κ1) is 15.3. The van der Waals surface area contributed by atoms with Crippen LogP contribution in [-0.2, 0) is 15.9 Å². The third-order valence-corrected chi connectivity index (χ3v) is 4.76. The molecule has 5 heteroatoms. The highest BCUT2D eigenvalue weighted by molar-refractivity contribution is 5.97. The monoisotopic (exact) mass is 303 g/mol. The first-order valence-corrected chi connectivity index (χ1v) is 7.97. The Labute approximate surface area is 132 Å². The lowest BCUT2D eigenvalue weighted by Crippen LogP contribution is -2.51. The number of hydrogen-bond donors (Lipinski definition) is 1. The van der Waals surface area contributed by atoms with Gasteiger partial charge in [0.1, 0.15) is 0 Å². The molecule has 5 nitrogen and oxygen atoms in total. The van der Waals surface area contributed by atoms with Gasteiger partial charge in [-0.05, 0) is 18.1 Å². The number of ether oxygens (including phenoxy) is 2. The third-order valence-electron chi connectivity index (χ3n) is 4.76. The number of methoxy groups -OCH3 is 1. The highest BCUT2D eigenvalue weighted by Gasteiger charge is 2.33. The number of anilines is 1. The number of hydrogen-bond acceptors (Lipinski definition) is 3. The van der Waals surface area contributed by atoms with Crippen LogP contribution >= 0.6 is 0 Å². The van der Waals surface area contributed by atoms with Crippen LogP contribution in [0.3, 0.4) is 0 Å². The Morgan fingerprint density at radius 3 is 2.86 bits per heavy atom. The molecule has 1 N–H and O–H groups in total. The van der Waals surface area contributed by atoms with Crippen LogP contribution in [0.4, 0.5) is 5.69 Å². The molecule has 0 amide bonds. The van der Waals surface area contributed by atoms with Gasteiger partial charge in [0.25, 0.3) is 0 Å². The Balaban J connectivity index is 1.68. The highest BCUT2D eigenvalue weighted by atomic mass is 16.5. The summed E-state index contributed by atoms with van der Waals surface area (Å²) in [5, 5.41) is 3.51. The Morgan fingerprint density at radius 1 is 1.36 bits per heavy atom. The molecule has 1 aromatic carbocycles. The molecule has 2 aliphatic heterocycles. The zero-order valence-corrected chi connectivity index (χ0v) is 13.5. The van der Waals surface area contributed by atoms with Crippen molar-refractivity contribution in [1.29, 1.82) is 0 Å². The van der Waals surface area contributed by atoms with E-state index in [1.165, 1.54) is 11.3 Å². The van der Waals surface area contributed by atoms with Gasteiger partial charge in [0.15, 0.2) is 5.96 Å². The second-order valence-corrected chi connectivity index (χ2v) is 5.93. The summed E-state index contributed by atoms with van der Waals surface area (Å²) in [6.45, 7) is 3.27. The summed E-state index contributed by atoms with van der Waals surface area (Å²) < 4.78 is 11.2. The minimum atomic E-state index is -0.145. The number of nitrogens with one attached hydrogen (secondary N) is 1. The van der Waals surface area contributed by atoms with Crippen molar-refractivity contribution in [3.05, 3.63) is 29.8 Å². The van der Waals surface area contributed by atoms with Gasteiger partial charge >= 0.3 is 0 Å². The molecule has 2 heterocycles. The van der Waals surface area contributed by atoms with Crippen molar-refractivity contribution < 1.29 is 9.47 Å². The number of aliphatic imine (C=N–C) groups is 1. The lowest BCUT2D eigenvalue weighted by Gasteiger charge is -2.37. The van der Waals surface area contributed by atoms with E-state index >= 15 is 0 Å². The van der Waals surface area contributed by atoms with Crippen LogP contribution in [0.25, 0.3) is 0 Å². The van der Waals surface area contributed by atoms with E-state index in [0.29, 0.717) is 0 Å². The Bertz CT molecular complexity index is 538. The molecule has 0 bridgehead atoms. The Kier molecular flexibility index (Phi) is 4.64. The van der Waals surface area contributed by atoms with Crippen molar-refractivity contribution in [1.82, 2.24) is 5.32 Å². The predicted octanol–water partition coefficient (Wildman–Crippen LogP) is 1.82. The van der Waals surface area contributed by atoms with E-state index in [0.717, 1.165) is 51.5 Å². The standard InChI is InChI=1S/C17H25N3O2/c1-18-16(19-13-17(21-2)8-11-22-12-9-17)20-10-7-14-5-3-4-6-15(14)20/h3-6H,7-13H2,1-2H3,(H,18,19). The van der Waals surface area contributed by atoms with Crippen molar-refractivity contribution in [2.45, 2.75) is 24.9 Å². The van der Waals surface area contributed by atoms with E-state index in [-0.39, 0.29) is 5.60 Å². The molecule has 0 aliphatic carbocycles. The Hall–Kier alpha value is -1.59. The normalized spacial score (nSPS) is 20.8. The van der Waals surface area contributed by atoms with E-state index in [9.17, 15) is 0 Å². The van der Waals surface area contributed by atoms with Gasteiger partial charge in [0, 0.05) is 59.0 Å². The van der Waals surface area contributed by atoms with Gasteiger partial charge in [-0.3, -0.25) is 4.99 Å². The first-order valence-electron chi connectivity index (χ1n) is 7.97. The summed E-state index contributed by atoms with van der Waals surface area (Å²) in [4.78, 5) is 6.73. The molecule has 0 unspecified atom stereocenters. The number of para-hydroxylation sites is 1. The number of fused-ring (bicyclic) bond motifs is 1. The van der Waals surface area contributed by atoms with Crippen molar-refractivity contribution in [2.24, 2.45) is 4.99 Å². The predicted molar refractivity (Wildman–Crippen MR) is 88.6 cm³/mol. The fourth-order valence-electron chi connectivity index (χ4n) is 3.29. The second-order valence-electron chi connectivity index (χ2n) is 5.93. The van der Waals surface area contributed by atoms with E-state index in [1.807, 2.05) is 7.05 Å². The summed E-state index contributed by atoms with van der Waals surface area (Å²) >= 11 is 0. The number of nitrogens with zero attached hydrogens (tertiary/aromatic N) is 2. The maximum Gasteiger partial charge on any atom is 0.198 e. The molecule has 0 radical (unpaired) electrons. The van der Waals surface area contributed by atoms with Crippen LogP contribution in [0.1, 0.15) is 18.4 Å². The van der Waals surface area contributed by atoms with Crippen molar-refractivity contribution in [3.8, 4) is 0 Å². The zero-order valence-electron chi connectivity index (χ0n) is 13.5. The molecule has 0 saturated carbocycles. The number of benzene rings is 1. The van der Waals surface area contributed by atoms with Gasteiger partial charge in [0.05, 0.1) is 5.60 Å². The SMILES string of the molecule is CN=C(NCC1(OC)CCOCC1)N1CCc2ccccc21. The maximum absolute atomic E-state index is 5.79. The fourth-order valence-corrected chi connectivity index (χ4v) is 3.29. The molecule has 0 atom stereocenters. The van der Waals surface area contributed by atoms with E-state index in [1.54, 1.807) is 7.11 Å². The average Bonchev–Trinajstić information content (AvgIpc) is 3.01. The van der Waals surface area contributed by atoms with Gasteiger partial charge in [-0.2, -0.15) is 0 Å². The smallest absolute Gasteiger partial charge is 0.198 e. The summed E-state index contributed by atoms with van der Waals surface area (Å²) in [5.74, 6) is 0.924. The Morgan fingerprint density at radius 2 is 2.14 bits per heavy atom. The van der Waals surface area contributed by atoms with E-state index < -0.39 is 0 Å². The highest BCUT2D eigenvalue weighted by Crippen LogP contribution is 2.28. The van der Waals surface area contributed by atoms with Crippen LogP contribution in [0.5, 0.6) is 0 Å². The van der Waals surface area contributed by atoms with Gasteiger partial charge in [-0.1, -0.05) is 18.2 Å². The largest absolute Gasteiger partial charge is 0.381 e. The maximum atomic E-state index is 5.79. The average molecular weight is 303 g/mol. The molecule has 0 spiro atoms. The van der Waals surface area contributed by atoms with Crippen molar-refractivity contribution >= 4 is 11.6 Å². The molecule has 3 rings (SSSR count). The number of rotatable bonds is 3. The van der Waals surface area contributed by atoms with Crippen LogP contribution < -0.4 is 10.2 Å². The summed E-state index contributed by atoms with van der Waals surface area (Å²) in [7, 11) is 3.63. The summed E-state index contributed by atoms with van der Waals surface area (Å²) in [6.07, 6.45) is 2.91. The first-order chi connectivity index (χ1) is 10.8. The second kappa shape index (κ2) is 6.67. The van der Waals surface area contributed by atoms with Crippen LogP contribution in [0.15, 0.2) is 29.3 Å². The third kappa shape index (κ3) is 2.96.